The predicted octanol–water partition coefficient (Wildman–Crippen LogP) is 3.73. The highest BCUT2D eigenvalue weighted by Crippen LogP contribution is 2.18. The second kappa shape index (κ2) is 5.81. The Balaban J connectivity index is 1.69. The zero-order chi connectivity index (χ0) is 13.9. The number of aromatic amines is 1. The summed E-state index contributed by atoms with van der Waals surface area (Å²) in [6, 6.07) is 10.4. The topological polar surface area (TPSA) is 45.8 Å². The van der Waals surface area contributed by atoms with Gasteiger partial charge in [-0.3, -0.25) is 4.79 Å². The number of nitrogens with zero attached hydrogens (tertiary/aromatic N) is 1. The molecule has 3 aromatic rings. The molecule has 0 saturated heterocycles. The normalized spacial score (nSPS) is 11.1. The maximum atomic E-state index is 11.8. The van der Waals surface area contributed by atoms with Crippen LogP contribution >= 0.6 is 23.1 Å². The van der Waals surface area contributed by atoms with Gasteiger partial charge >= 0.3 is 0 Å². The SMILES string of the molecule is Cc1cccc(CSCc2nc3ccsc3c(=O)[nH]2)c1. The summed E-state index contributed by atoms with van der Waals surface area (Å²) in [6.07, 6.45) is 0. The smallest absolute Gasteiger partial charge is 0.268 e. The van der Waals surface area contributed by atoms with Crippen molar-refractivity contribution in [1.82, 2.24) is 9.97 Å². The largest absolute Gasteiger partial charge is 0.309 e. The van der Waals surface area contributed by atoms with Crippen LogP contribution in [-0.4, -0.2) is 9.97 Å². The molecule has 0 aliphatic rings. The number of hydrogen-bond donors (Lipinski definition) is 1. The van der Waals surface area contributed by atoms with Gasteiger partial charge in [0.1, 0.15) is 10.5 Å². The Morgan fingerprint density at radius 3 is 3.05 bits per heavy atom. The third kappa shape index (κ3) is 2.94. The van der Waals surface area contributed by atoms with E-state index in [0.717, 1.165) is 22.8 Å². The monoisotopic (exact) mass is 302 g/mol. The fourth-order valence-corrected chi connectivity index (χ4v) is 3.63. The molecule has 0 aliphatic carbocycles. The minimum absolute atomic E-state index is 0.0313. The van der Waals surface area contributed by atoms with E-state index in [0.29, 0.717) is 4.70 Å². The third-order valence-corrected chi connectivity index (χ3v) is 4.87. The molecule has 0 bridgehead atoms. The summed E-state index contributed by atoms with van der Waals surface area (Å²) >= 11 is 3.19. The van der Waals surface area contributed by atoms with E-state index in [2.05, 4.69) is 41.2 Å². The van der Waals surface area contributed by atoms with Crippen LogP contribution in [-0.2, 0) is 11.5 Å². The summed E-state index contributed by atoms with van der Waals surface area (Å²) in [5.41, 5.74) is 3.34. The van der Waals surface area contributed by atoms with Gasteiger partial charge in [0.05, 0.1) is 11.3 Å². The Morgan fingerprint density at radius 1 is 1.30 bits per heavy atom. The molecule has 2 aromatic heterocycles. The Hall–Kier alpha value is -1.59. The van der Waals surface area contributed by atoms with Crippen molar-refractivity contribution in [2.75, 3.05) is 0 Å². The molecule has 0 amide bonds. The highest BCUT2D eigenvalue weighted by molar-refractivity contribution is 7.97. The summed E-state index contributed by atoms with van der Waals surface area (Å²) in [7, 11) is 0. The first-order valence-electron chi connectivity index (χ1n) is 6.32. The quantitative estimate of drug-likeness (QED) is 0.799. The molecule has 0 unspecified atom stereocenters. The molecule has 0 radical (unpaired) electrons. The maximum absolute atomic E-state index is 11.8. The highest BCUT2D eigenvalue weighted by Gasteiger charge is 2.05. The minimum Gasteiger partial charge on any atom is -0.309 e. The second-order valence-electron chi connectivity index (χ2n) is 4.63. The number of H-pyrrole nitrogens is 1. The van der Waals surface area contributed by atoms with E-state index in [9.17, 15) is 4.79 Å². The number of nitrogens with one attached hydrogen (secondary N) is 1. The Kier molecular flexibility index (Phi) is 3.89. The van der Waals surface area contributed by atoms with Crippen molar-refractivity contribution < 1.29 is 0 Å². The second-order valence-corrected chi connectivity index (χ2v) is 6.53. The van der Waals surface area contributed by atoms with E-state index >= 15 is 0 Å². The van der Waals surface area contributed by atoms with Gasteiger partial charge in [-0.15, -0.1) is 23.1 Å². The van der Waals surface area contributed by atoms with Crippen molar-refractivity contribution in [3.63, 3.8) is 0 Å². The van der Waals surface area contributed by atoms with Crippen LogP contribution in [0, 0.1) is 6.92 Å². The van der Waals surface area contributed by atoms with E-state index in [1.54, 1.807) is 11.8 Å². The molecule has 0 atom stereocenters. The summed E-state index contributed by atoms with van der Waals surface area (Å²) in [5, 5.41) is 1.90. The van der Waals surface area contributed by atoms with Crippen LogP contribution in [0.15, 0.2) is 40.5 Å². The molecular weight excluding hydrogens is 288 g/mol. The minimum atomic E-state index is -0.0313. The Bertz CT molecular complexity index is 792. The first-order valence-corrected chi connectivity index (χ1v) is 8.35. The van der Waals surface area contributed by atoms with Gasteiger partial charge in [-0.1, -0.05) is 29.8 Å². The lowest BCUT2D eigenvalue weighted by molar-refractivity contribution is 1.04. The number of hydrogen-bond acceptors (Lipinski definition) is 4. The van der Waals surface area contributed by atoms with Crippen LogP contribution in [0.5, 0.6) is 0 Å². The number of thiophene rings is 1. The van der Waals surface area contributed by atoms with Gasteiger partial charge in [0.25, 0.3) is 5.56 Å². The Morgan fingerprint density at radius 2 is 2.20 bits per heavy atom. The van der Waals surface area contributed by atoms with Gasteiger partial charge in [0.2, 0.25) is 0 Å². The number of rotatable bonds is 4. The zero-order valence-corrected chi connectivity index (χ0v) is 12.7. The van der Waals surface area contributed by atoms with Gasteiger partial charge in [-0.25, -0.2) is 4.98 Å². The molecular formula is C15H14N2OS2. The number of aromatic nitrogens is 2. The van der Waals surface area contributed by atoms with Crippen molar-refractivity contribution in [2.45, 2.75) is 18.4 Å². The van der Waals surface area contributed by atoms with Gasteiger partial charge < -0.3 is 4.98 Å². The summed E-state index contributed by atoms with van der Waals surface area (Å²) in [6.45, 7) is 2.09. The van der Waals surface area contributed by atoms with Crippen molar-refractivity contribution in [2.24, 2.45) is 0 Å². The fourth-order valence-electron chi connectivity index (χ4n) is 2.06. The number of thioether (sulfide) groups is 1. The summed E-state index contributed by atoms with van der Waals surface area (Å²) in [4.78, 5) is 19.2. The van der Waals surface area contributed by atoms with Gasteiger partial charge in [-0.05, 0) is 23.9 Å². The summed E-state index contributed by atoms with van der Waals surface area (Å²) < 4.78 is 0.706. The third-order valence-electron chi connectivity index (χ3n) is 2.95. The Labute approximate surface area is 125 Å². The van der Waals surface area contributed by atoms with Gasteiger partial charge in [0, 0.05) is 5.75 Å². The first kappa shape index (κ1) is 13.4. The van der Waals surface area contributed by atoms with Crippen LogP contribution < -0.4 is 5.56 Å². The average Bonchev–Trinajstić information content (AvgIpc) is 2.88. The maximum Gasteiger partial charge on any atom is 0.268 e. The highest BCUT2D eigenvalue weighted by atomic mass is 32.2. The van der Waals surface area contributed by atoms with E-state index in [-0.39, 0.29) is 5.56 Å². The average molecular weight is 302 g/mol. The van der Waals surface area contributed by atoms with Crippen LogP contribution in [0.4, 0.5) is 0 Å². The molecule has 20 heavy (non-hydrogen) atoms. The van der Waals surface area contributed by atoms with Crippen molar-refractivity contribution in [1.29, 1.82) is 0 Å². The predicted molar refractivity (Wildman–Crippen MR) is 86.4 cm³/mol. The molecule has 1 aromatic carbocycles. The van der Waals surface area contributed by atoms with Gasteiger partial charge in [-0.2, -0.15) is 0 Å². The number of aryl methyl sites for hydroxylation is 1. The van der Waals surface area contributed by atoms with Crippen LogP contribution in [0.2, 0.25) is 0 Å². The molecule has 0 saturated carbocycles. The molecule has 0 fully saturated rings. The molecule has 3 nitrogen and oxygen atoms in total. The van der Waals surface area contributed by atoms with E-state index < -0.39 is 0 Å². The molecule has 1 N–H and O–H groups in total. The molecule has 5 heteroatoms. The van der Waals surface area contributed by atoms with Crippen molar-refractivity contribution >= 4 is 33.3 Å². The van der Waals surface area contributed by atoms with Crippen molar-refractivity contribution in [3.05, 3.63) is 63.0 Å². The van der Waals surface area contributed by atoms with Crippen LogP contribution in [0.25, 0.3) is 10.2 Å². The lowest BCUT2D eigenvalue weighted by atomic mass is 10.2. The van der Waals surface area contributed by atoms with E-state index in [4.69, 9.17) is 0 Å². The molecule has 102 valence electrons. The molecule has 2 heterocycles. The molecule has 0 aliphatic heterocycles. The molecule has 0 spiro atoms. The zero-order valence-electron chi connectivity index (χ0n) is 11.1. The summed E-state index contributed by atoms with van der Waals surface area (Å²) in [5.74, 6) is 2.39. The van der Waals surface area contributed by atoms with Crippen LogP contribution in [0.1, 0.15) is 17.0 Å². The standard InChI is InChI=1S/C15H14N2OS2/c1-10-3-2-4-11(7-10)8-19-9-13-16-12-5-6-20-14(12)15(18)17-13/h2-7H,8-9H2,1H3,(H,16,17,18). The van der Waals surface area contributed by atoms with E-state index in [1.165, 1.54) is 22.5 Å². The lowest BCUT2D eigenvalue weighted by Crippen LogP contribution is -2.09. The van der Waals surface area contributed by atoms with Crippen LogP contribution in [0.3, 0.4) is 0 Å². The molecule has 3 rings (SSSR count). The number of benzene rings is 1. The van der Waals surface area contributed by atoms with E-state index in [1.807, 2.05) is 11.4 Å². The fraction of sp³-hybridized carbons (Fsp3) is 0.200. The lowest BCUT2D eigenvalue weighted by Gasteiger charge is -2.03. The first-order chi connectivity index (χ1) is 9.72. The number of fused-ring (bicyclic) bond motifs is 1. The van der Waals surface area contributed by atoms with Crippen molar-refractivity contribution in [3.8, 4) is 0 Å². The van der Waals surface area contributed by atoms with Gasteiger partial charge in [0.15, 0.2) is 0 Å².